The van der Waals surface area contributed by atoms with Crippen LogP contribution in [0.2, 0.25) is 0 Å². The number of halogens is 1. The minimum atomic E-state index is -1.40. The summed E-state index contributed by atoms with van der Waals surface area (Å²) in [6.07, 6.45) is 0.682. The molecule has 0 aliphatic carbocycles. The summed E-state index contributed by atoms with van der Waals surface area (Å²) in [5.41, 5.74) is 1.21. The maximum absolute atomic E-state index is 11.1. The molecule has 0 amide bonds. The monoisotopic (exact) mass is 288 g/mol. The summed E-state index contributed by atoms with van der Waals surface area (Å²) in [4.78, 5) is 0. The highest BCUT2D eigenvalue weighted by molar-refractivity contribution is 9.10. The lowest BCUT2D eigenvalue weighted by Crippen LogP contribution is -2.34. The Hall–Kier alpha value is -0.0700. The molecule has 1 aromatic carbocycles. The molecule has 0 radical (unpaired) electrons. The van der Waals surface area contributed by atoms with Crippen LogP contribution in [0, 0.1) is 10.4 Å². The molecule has 0 saturated carbocycles. The molecule has 2 rings (SSSR count). The van der Waals surface area contributed by atoms with E-state index in [2.05, 4.69) is 15.9 Å². The van der Waals surface area contributed by atoms with E-state index in [-0.39, 0.29) is 6.54 Å². The van der Waals surface area contributed by atoms with Gasteiger partial charge < -0.3 is 14.6 Å². The fraction of sp³-hybridized carbons (Fsp3) is 0.400. The van der Waals surface area contributed by atoms with Crippen LogP contribution < -0.4 is 0 Å². The van der Waals surface area contributed by atoms with Crippen LogP contribution in [0.1, 0.15) is 17.9 Å². The molecule has 1 heterocycles. The lowest BCUT2D eigenvalue weighted by Gasteiger charge is -2.48. The van der Waals surface area contributed by atoms with Gasteiger partial charge in [0, 0.05) is 16.8 Å². The van der Waals surface area contributed by atoms with Crippen LogP contribution in [0.15, 0.2) is 28.7 Å². The van der Waals surface area contributed by atoms with Crippen molar-refractivity contribution in [2.24, 2.45) is 0 Å². The molecule has 1 aromatic rings. The third-order valence-corrected chi connectivity index (χ3v) is 4.22. The standard InChI is InChI=1S/C10H11BrNO2S/c11-10-3-1-8(2-4-10)9-5-6-12(13,14)15-7-9/h1-4,9H,5-7H2/q-1. The van der Waals surface area contributed by atoms with Crippen LogP contribution in [0.4, 0.5) is 0 Å². The molecular formula is C10H11BrNO2S-. The zero-order chi connectivity index (χ0) is 10.9. The van der Waals surface area contributed by atoms with Crippen molar-refractivity contribution in [2.75, 3.05) is 12.3 Å². The second kappa shape index (κ2) is 4.43. The molecule has 0 spiro atoms. The molecule has 82 valence electrons. The summed E-state index contributed by atoms with van der Waals surface area (Å²) < 4.78 is -0.347. The van der Waals surface area contributed by atoms with E-state index in [0.29, 0.717) is 18.1 Å². The molecule has 1 atom stereocenters. The highest BCUT2D eigenvalue weighted by Gasteiger charge is 2.24. The van der Waals surface area contributed by atoms with Crippen molar-refractivity contribution >= 4 is 27.9 Å². The predicted octanol–water partition coefficient (Wildman–Crippen LogP) is 3.40. The second-order valence-corrected chi connectivity index (χ2v) is 5.73. The average molecular weight is 289 g/mol. The molecule has 1 aliphatic heterocycles. The van der Waals surface area contributed by atoms with Crippen LogP contribution in [0.5, 0.6) is 0 Å². The first-order valence-electron chi connectivity index (χ1n) is 4.77. The van der Waals surface area contributed by atoms with Crippen molar-refractivity contribution in [3.8, 4) is 0 Å². The smallest absolute Gasteiger partial charge is 0.0894 e. The van der Waals surface area contributed by atoms with Gasteiger partial charge in [0.25, 0.3) is 0 Å². The molecule has 1 aliphatic rings. The summed E-state index contributed by atoms with van der Waals surface area (Å²) in [6, 6.07) is 8.08. The van der Waals surface area contributed by atoms with Crippen molar-refractivity contribution in [2.45, 2.75) is 12.3 Å². The molecule has 0 bridgehead atoms. The van der Waals surface area contributed by atoms with Crippen molar-refractivity contribution in [3.63, 3.8) is 0 Å². The van der Waals surface area contributed by atoms with Gasteiger partial charge in [-0.2, -0.15) is 0 Å². The minimum Gasteiger partial charge on any atom is -0.619 e. The fourth-order valence-corrected chi connectivity index (χ4v) is 2.93. The molecule has 5 heteroatoms. The molecule has 15 heavy (non-hydrogen) atoms. The predicted molar refractivity (Wildman–Crippen MR) is 65.8 cm³/mol. The van der Waals surface area contributed by atoms with E-state index in [1.807, 2.05) is 24.3 Å². The van der Waals surface area contributed by atoms with Crippen molar-refractivity contribution in [3.05, 3.63) is 44.7 Å². The van der Waals surface area contributed by atoms with Gasteiger partial charge in [-0.05, 0) is 17.7 Å². The third-order valence-electron chi connectivity index (χ3n) is 2.57. The van der Waals surface area contributed by atoms with Gasteiger partial charge in [0.2, 0.25) is 0 Å². The maximum atomic E-state index is 11.1. The van der Waals surface area contributed by atoms with E-state index in [0.717, 1.165) is 16.4 Å². The van der Waals surface area contributed by atoms with Crippen LogP contribution in [-0.4, -0.2) is 16.5 Å². The fourth-order valence-electron chi connectivity index (χ4n) is 1.66. The Morgan fingerprint density at radius 2 is 1.93 bits per heavy atom. The Bertz CT molecular complexity index is 332. The Kier molecular flexibility index (Phi) is 3.37. The van der Waals surface area contributed by atoms with Crippen LogP contribution in [0.25, 0.3) is 0 Å². The third kappa shape index (κ3) is 2.95. The summed E-state index contributed by atoms with van der Waals surface area (Å²) >= 11 is 4.32. The van der Waals surface area contributed by atoms with E-state index in [4.69, 9.17) is 0 Å². The first kappa shape index (κ1) is 11.4. The number of benzene rings is 1. The van der Waals surface area contributed by atoms with Crippen LogP contribution >= 0.6 is 27.9 Å². The average Bonchev–Trinajstić information content (AvgIpc) is 2.20. The summed E-state index contributed by atoms with van der Waals surface area (Å²) in [5.74, 6) is 0.964. The Morgan fingerprint density at radius 3 is 2.47 bits per heavy atom. The van der Waals surface area contributed by atoms with Gasteiger partial charge in [0.15, 0.2) is 0 Å². The van der Waals surface area contributed by atoms with Gasteiger partial charge in [0.1, 0.15) is 0 Å². The van der Waals surface area contributed by atoms with Crippen molar-refractivity contribution in [1.29, 1.82) is 0 Å². The van der Waals surface area contributed by atoms with Gasteiger partial charge >= 0.3 is 0 Å². The number of hydrogen-bond donors (Lipinski definition) is 0. The number of hydroxylamine groups is 2. The SMILES string of the molecule is [O-][N+]1([O-])CCC(c2ccc(Br)cc2)CS1. The lowest BCUT2D eigenvalue weighted by molar-refractivity contribution is -0.686. The first-order chi connectivity index (χ1) is 7.07. The van der Waals surface area contributed by atoms with Crippen LogP contribution in [-0.2, 0) is 0 Å². The Labute approximate surface area is 101 Å². The molecule has 1 unspecified atom stereocenters. The first-order valence-corrected chi connectivity index (χ1v) is 6.50. The summed E-state index contributed by atoms with van der Waals surface area (Å²) in [6.45, 7) is 0.158. The topological polar surface area (TPSA) is 46.1 Å². The number of hydrogen-bond acceptors (Lipinski definition) is 3. The molecule has 0 aromatic heterocycles. The van der Waals surface area contributed by atoms with Gasteiger partial charge in [-0.1, -0.05) is 28.1 Å². The molecule has 0 N–H and O–H groups in total. The van der Waals surface area contributed by atoms with Gasteiger partial charge in [-0.3, -0.25) is 0 Å². The number of nitrogens with zero attached hydrogens (tertiary/aromatic N) is 1. The number of quaternary nitrogens is 1. The maximum Gasteiger partial charge on any atom is 0.0894 e. The van der Waals surface area contributed by atoms with Gasteiger partial charge in [-0.25, -0.2) is 0 Å². The van der Waals surface area contributed by atoms with Gasteiger partial charge in [0.05, 0.1) is 24.2 Å². The number of rotatable bonds is 1. The van der Waals surface area contributed by atoms with E-state index >= 15 is 0 Å². The van der Waals surface area contributed by atoms with E-state index < -0.39 is 4.21 Å². The highest BCUT2D eigenvalue weighted by atomic mass is 79.9. The molecule has 3 nitrogen and oxygen atoms in total. The van der Waals surface area contributed by atoms with E-state index in [9.17, 15) is 10.4 Å². The Morgan fingerprint density at radius 1 is 1.27 bits per heavy atom. The van der Waals surface area contributed by atoms with E-state index in [1.165, 1.54) is 5.56 Å². The minimum absolute atomic E-state index is 0.158. The summed E-state index contributed by atoms with van der Waals surface area (Å²) in [5, 5.41) is 22.2. The highest BCUT2D eigenvalue weighted by Crippen LogP contribution is 2.36. The quantitative estimate of drug-likeness (QED) is 0.452. The van der Waals surface area contributed by atoms with Crippen molar-refractivity contribution < 1.29 is 4.21 Å². The van der Waals surface area contributed by atoms with Gasteiger partial charge in [-0.15, -0.1) is 0 Å². The zero-order valence-corrected chi connectivity index (χ0v) is 10.5. The molecule has 1 fully saturated rings. The Balaban J connectivity index is 2.04. The van der Waals surface area contributed by atoms with Crippen molar-refractivity contribution in [1.82, 2.24) is 0 Å². The zero-order valence-electron chi connectivity index (χ0n) is 8.06. The normalized spacial score (nSPS) is 25.1. The second-order valence-electron chi connectivity index (χ2n) is 3.67. The largest absolute Gasteiger partial charge is 0.619 e. The summed E-state index contributed by atoms with van der Waals surface area (Å²) in [7, 11) is 0. The van der Waals surface area contributed by atoms with Crippen LogP contribution in [0.3, 0.4) is 0 Å². The molecule has 1 saturated heterocycles. The van der Waals surface area contributed by atoms with E-state index in [1.54, 1.807) is 0 Å². The lowest BCUT2D eigenvalue weighted by atomic mass is 9.98. The molecular weight excluding hydrogens is 278 g/mol.